The van der Waals surface area contributed by atoms with Gasteiger partial charge in [-0.25, -0.2) is 0 Å². The van der Waals surface area contributed by atoms with E-state index in [1.807, 2.05) is 30.3 Å². The monoisotopic (exact) mass is 250 g/mol. The van der Waals surface area contributed by atoms with Crippen LogP contribution in [0.15, 0.2) is 30.3 Å². The highest BCUT2D eigenvalue weighted by molar-refractivity contribution is 5.20. The molecule has 0 saturated heterocycles. The van der Waals surface area contributed by atoms with Gasteiger partial charge < -0.3 is 15.4 Å². The van der Waals surface area contributed by atoms with Crippen molar-refractivity contribution in [3.8, 4) is 5.75 Å². The van der Waals surface area contributed by atoms with Gasteiger partial charge >= 0.3 is 0 Å². The standard InChI is InChI=1S/C15H26N2O/c1-14(2)13-17-10-6-9-16-11-12-18-15-7-4-3-5-8-15/h3-5,7-8,14,16-17H,6,9-13H2,1-2H3. The van der Waals surface area contributed by atoms with Crippen LogP contribution >= 0.6 is 0 Å². The van der Waals surface area contributed by atoms with Crippen molar-refractivity contribution in [1.29, 1.82) is 0 Å². The molecule has 18 heavy (non-hydrogen) atoms. The predicted octanol–water partition coefficient (Wildman–Crippen LogP) is 2.29. The van der Waals surface area contributed by atoms with E-state index in [1.54, 1.807) is 0 Å². The van der Waals surface area contributed by atoms with Crippen molar-refractivity contribution < 1.29 is 4.74 Å². The molecule has 0 heterocycles. The van der Waals surface area contributed by atoms with Gasteiger partial charge in [0.05, 0.1) is 0 Å². The quantitative estimate of drug-likeness (QED) is 0.625. The first-order valence-corrected chi connectivity index (χ1v) is 6.88. The van der Waals surface area contributed by atoms with Crippen molar-refractivity contribution in [3.05, 3.63) is 30.3 Å². The maximum Gasteiger partial charge on any atom is 0.119 e. The number of benzene rings is 1. The first-order chi connectivity index (χ1) is 8.79. The van der Waals surface area contributed by atoms with E-state index in [-0.39, 0.29) is 0 Å². The van der Waals surface area contributed by atoms with Crippen LogP contribution in [0.3, 0.4) is 0 Å². The third-order valence-electron chi connectivity index (χ3n) is 2.55. The molecule has 1 aromatic rings. The zero-order valence-electron chi connectivity index (χ0n) is 11.6. The molecule has 0 amide bonds. The van der Waals surface area contributed by atoms with Crippen LogP contribution in [0.25, 0.3) is 0 Å². The van der Waals surface area contributed by atoms with E-state index in [9.17, 15) is 0 Å². The summed E-state index contributed by atoms with van der Waals surface area (Å²) in [7, 11) is 0. The van der Waals surface area contributed by atoms with Gasteiger partial charge in [0.1, 0.15) is 12.4 Å². The molecule has 0 aliphatic rings. The molecule has 102 valence electrons. The van der Waals surface area contributed by atoms with E-state index in [2.05, 4.69) is 24.5 Å². The second-order valence-electron chi connectivity index (χ2n) is 4.86. The molecule has 1 aromatic carbocycles. The molecule has 0 aromatic heterocycles. The summed E-state index contributed by atoms with van der Waals surface area (Å²) in [6.07, 6.45) is 1.16. The van der Waals surface area contributed by atoms with Gasteiger partial charge in [0.2, 0.25) is 0 Å². The average molecular weight is 250 g/mol. The molecule has 0 bridgehead atoms. The minimum atomic E-state index is 0.726. The van der Waals surface area contributed by atoms with Crippen molar-refractivity contribution in [2.45, 2.75) is 20.3 Å². The first-order valence-electron chi connectivity index (χ1n) is 6.88. The molecule has 0 spiro atoms. The first kappa shape index (κ1) is 15.0. The lowest BCUT2D eigenvalue weighted by atomic mass is 10.2. The molecular formula is C15H26N2O. The Morgan fingerprint density at radius 2 is 1.72 bits per heavy atom. The Bertz CT molecular complexity index is 288. The highest BCUT2D eigenvalue weighted by Gasteiger charge is 1.93. The van der Waals surface area contributed by atoms with Crippen molar-refractivity contribution in [3.63, 3.8) is 0 Å². The largest absolute Gasteiger partial charge is 0.492 e. The zero-order valence-corrected chi connectivity index (χ0v) is 11.6. The lowest BCUT2D eigenvalue weighted by Crippen LogP contribution is -2.27. The average Bonchev–Trinajstić information content (AvgIpc) is 2.37. The fraction of sp³-hybridized carbons (Fsp3) is 0.600. The molecule has 0 saturated carbocycles. The third kappa shape index (κ3) is 8.09. The van der Waals surface area contributed by atoms with Crippen LogP contribution in [0.5, 0.6) is 5.75 Å². The summed E-state index contributed by atoms with van der Waals surface area (Å²) in [4.78, 5) is 0. The summed E-state index contributed by atoms with van der Waals surface area (Å²) in [6, 6.07) is 9.94. The normalized spacial score (nSPS) is 10.8. The minimum absolute atomic E-state index is 0.726. The topological polar surface area (TPSA) is 33.3 Å². The molecule has 0 aliphatic carbocycles. The van der Waals surface area contributed by atoms with Crippen LogP contribution in [0.1, 0.15) is 20.3 Å². The Labute approximate surface area is 111 Å². The maximum absolute atomic E-state index is 5.59. The van der Waals surface area contributed by atoms with Crippen LogP contribution in [-0.2, 0) is 0 Å². The molecule has 3 heteroatoms. The summed E-state index contributed by atoms with van der Waals surface area (Å²) in [6.45, 7) is 9.33. The lowest BCUT2D eigenvalue weighted by Gasteiger charge is -2.09. The summed E-state index contributed by atoms with van der Waals surface area (Å²) >= 11 is 0. The van der Waals surface area contributed by atoms with Crippen LogP contribution < -0.4 is 15.4 Å². The molecule has 0 fully saturated rings. The smallest absolute Gasteiger partial charge is 0.119 e. The zero-order chi connectivity index (χ0) is 13.1. The second kappa shape index (κ2) is 9.92. The van der Waals surface area contributed by atoms with Crippen LogP contribution in [0.2, 0.25) is 0 Å². The van der Waals surface area contributed by atoms with Gasteiger partial charge in [0.25, 0.3) is 0 Å². The van der Waals surface area contributed by atoms with Gasteiger partial charge in [0.15, 0.2) is 0 Å². The van der Waals surface area contributed by atoms with Crippen molar-refractivity contribution in [1.82, 2.24) is 10.6 Å². The summed E-state index contributed by atoms with van der Waals surface area (Å²) < 4.78 is 5.59. The van der Waals surface area contributed by atoms with E-state index in [0.717, 1.165) is 50.9 Å². The summed E-state index contributed by atoms with van der Waals surface area (Å²) in [5, 5.41) is 6.81. The third-order valence-corrected chi connectivity index (χ3v) is 2.55. The maximum atomic E-state index is 5.59. The highest BCUT2D eigenvalue weighted by atomic mass is 16.5. The van der Waals surface area contributed by atoms with Gasteiger partial charge in [-0.05, 0) is 44.1 Å². The van der Waals surface area contributed by atoms with Crippen molar-refractivity contribution >= 4 is 0 Å². The Hall–Kier alpha value is -1.06. The molecule has 0 aliphatic heterocycles. The van der Waals surface area contributed by atoms with Crippen LogP contribution in [-0.4, -0.2) is 32.8 Å². The van der Waals surface area contributed by atoms with Gasteiger partial charge in [-0.15, -0.1) is 0 Å². The van der Waals surface area contributed by atoms with Gasteiger partial charge in [0, 0.05) is 6.54 Å². The van der Waals surface area contributed by atoms with E-state index in [4.69, 9.17) is 4.74 Å². The highest BCUT2D eigenvalue weighted by Crippen LogP contribution is 2.07. The van der Waals surface area contributed by atoms with Crippen molar-refractivity contribution in [2.24, 2.45) is 5.92 Å². The van der Waals surface area contributed by atoms with E-state index in [0.29, 0.717) is 0 Å². The number of hydrogen-bond donors (Lipinski definition) is 2. The predicted molar refractivity (Wildman–Crippen MR) is 77.1 cm³/mol. The molecule has 1 rings (SSSR count). The second-order valence-corrected chi connectivity index (χ2v) is 4.86. The number of nitrogens with one attached hydrogen (secondary N) is 2. The Kier molecular flexibility index (Phi) is 8.26. The molecule has 0 radical (unpaired) electrons. The Morgan fingerprint density at radius 3 is 2.44 bits per heavy atom. The van der Waals surface area contributed by atoms with Crippen molar-refractivity contribution in [2.75, 3.05) is 32.8 Å². The summed E-state index contributed by atoms with van der Waals surface area (Å²) in [5.41, 5.74) is 0. The number of hydrogen-bond acceptors (Lipinski definition) is 3. The lowest BCUT2D eigenvalue weighted by molar-refractivity contribution is 0.313. The summed E-state index contributed by atoms with van der Waals surface area (Å²) in [5.74, 6) is 1.68. The number of para-hydroxylation sites is 1. The van der Waals surface area contributed by atoms with E-state index >= 15 is 0 Å². The van der Waals surface area contributed by atoms with Gasteiger partial charge in [-0.3, -0.25) is 0 Å². The molecule has 0 unspecified atom stereocenters. The number of rotatable bonds is 10. The molecule has 0 atom stereocenters. The Balaban J connectivity index is 1.84. The fourth-order valence-electron chi connectivity index (χ4n) is 1.61. The molecule has 2 N–H and O–H groups in total. The van der Waals surface area contributed by atoms with E-state index < -0.39 is 0 Å². The fourth-order valence-corrected chi connectivity index (χ4v) is 1.61. The SMILES string of the molecule is CC(C)CNCCCNCCOc1ccccc1. The van der Waals surface area contributed by atoms with Gasteiger partial charge in [-0.2, -0.15) is 0 Å². The van der Waals surface area contributed by atoms with Crippen LogP contribution in [0.4, 0.5) is 0 Å². The van der Waals surface area contributed by atoms with E-state index in [1.165, 1.54) is 0 Å². The number of ether oxygens (including phenoxy) is 1. The molecular weight excluding hydrogens is 224 g/mol. The minimum Gasteiger partial charge on any atom is -0.492 e. The Morgan fingerprint density at radius 1 is 1.00 bits per heavy atom. The van der Waals surface area contributed by atoms with Gasteiger partial charge in [-0.1, -0.05) is 32.0 Å². The van der Waals surface area contributed by atoms with Crippen LogP contribution in [0, 0.1) is 5.92 Å². The molecule has 3 nitrogen and oxygen atoms in total.